The Balaban J connectivity index is 1.11. The normalized spacial score (nSPS) is 11.6. The number of fused-ring (bicyclic) bond motifs is 7. The van der Waals surface area contributed by atoms with Crippen molar-refractivity contribution in [3.63, 3.8) is 0 Å². The van der Waals surface area contributed by atoms with Crippen molar-refractivity contribution < 1.29 is 18.1 Å². The minimum absolute atomic E-state index is 0.575. The van der Waals surface area contributed by atoms with Crippen LogP contribution in [0.5, 0.6) is 11.5 Å². The summed E-state index contributed by atoms with van der Waals surface area (Å²) in [6.07, 6.45) is 11.4. The predicted octanol–water partition coefficient (Wildman–Crippen LogP) is 11.7. The van der Waals surface area contributed by atoms with Crippen LogP contribution in [0.15, 0.2) is 191 Å². The number of rotatable bonds is 7. The quantitative estimate of drug-likeness (QED) is 0.122. The van der Waals surface area contributed by atoms with Gasteiger partial charge in [0.2, 0.25) is 0 Å². The maximum Gasteiger partial charge on any atom is 0.268 e. The molecule has 4 aromatic heterocycles. The van der Waals surface area contributed by atoms with Crippen LogP contribution < -0.4 is 9.30 Å². The van der Waals surface area contributed by atoms with Crippen molar-refractivity contribution in [2.45, 2.75) is 0 Å². The van der Waals surface area contributed by atoms with Crippen molar-refractivity contribution in [3.8, 4) is 50.8 Å². The highest BCUT2D eigenvalue weighted by molar-refractivity contribution is 6.22. The van der Waals surface area contributed by atoms with E-state index in [9.17, 15) is 0 Å². The molecule has 0 saturated heterocycles. The third-order valence-electron chi connectivity index (χ3n) is 10.1. The van der Waals surface area contributed by atoms with E-state index in [1.165, 1.54) is 0 Å². The van der Waals surface area contributed by atoms with Gasteiger partial charge in [-0.15, -0.1) is 0 Å². The van der Waals surface area contributed by atoms with Gasteiger partial charge >= 0.3 is 0 Å². The van der Waals surface area contributed by atoms with Crippen molar-refractivity contribution in [2.24, 2.45) is 0 Å². The SMILES string of the molecule is [c-]1n(-c2cc(Oc3cccc(-n4cccn4)c3)c3oc4c(ccc5oc6ccccc6c54)c3c2)cc[n+]1-c1c(-c2ccccc2)cccc1-c1ccccc1. The molecule has 7 aromatic carbocycles. The molecular formula is C48H30N4O3. The summed E-state index contributed by atoms with van der Waals surface area (Å²) in [6.45, 7) is 0. The lowest BCUT2D eigenvalue weighted by Gasteiger charge is -2.16. The minimum atomic E-state index is 0.575. The van der Waals surface area contributed by atoms with Crippen LogP contribution in [0.2, 0.25) is 0 Å². The Morgan fingerprint density at radius 3 is 2.11 bits per heavy atom. The van der Waals surface area contributed by atoms with Crippen molar-refractivity contribution in [1.82, 2.24) is 14.3 Å². The van der Waals surface area contributed by atoms with E-state index in [1.807, 2.05) is 94.4 Å². The lowest BCUT2D eigenvalue weighted by atomic mass is 9.96. The molecule has 7 heteroatoms. The molecule has 0 aliphatic carbocycles. The summed E-state index contributed by atoms with van der Waals surface area (Å²) in [6, 6.07) is 53.5. The second-order valence-electron chi connectivity index (χ2n) is 13.5. The van der Waals surface area contributed by atoms with Crippen molar-refractivity contribution in [2.75, 3.05) is 0 Å². The van der Waals surface area contributed by atoms with Gasteiger partial charge in [-0.25, -0.2) is 4.68 Å². The Labute approximate surface area is 315 Å². The smallest absolute Gasteiger partial charge is 0.268 e. The number of hydrogen-bond donors (Lipinski definition) is 0. The fraction of sp³-hybridized carbons (Fsp3) is 0. The van der Waals surface area contributed by atoms with E-state index in [0.717, 1.165) is 77.6 Å². The first-order valence-corrected chi connectivity index (χ1v) is 18.1. The zero-order valence-electron chi connectivity index (χ0n) is 29.3. The molecule has 0 unspecified atom stereocenters. The molecule has 0 amide bonds. The fourth-order valence-electron chi connectivity index (χ4n) is 7.64. The van der Waals surface area contributed by atoms with Gasteiger partial charge < -0.3 is 13.6 Å². The second-order valence-corrected chi connectivity index (χ2v) is 13.5. The molecule has 11 rings (SSSR count). The summed E-state index contributed by atoms with van der Waals surface area (Å²) in [5.74, 6) is 1.23. The largest absolute Gasteiger partial charge is 0.456 e. The molecule has 0 saturated carbocycles. The van der Waals surface area contributed by atoms with E-state index in [1.54, 1.807) is 6.20 Å². The van der Waals surface area contributed by atoms with E-state index in [4.69, 9.17) is 13.6 Å². The maximum absolute atomic E-state index is 6.81. The molecule has 0 aliphatic heterocycles. The summed E-state index contributed by atoms with van der Waals surface area (Å²) in [4.78, 5) is 0. The molecule has 0 aliphatic rings. The second kappa shape index (κ2) is 12.5. The standard InChI is InChI=1S/C48H30N4O3/c1-3-12-32(13-4-1)37-19-10-20-38(33-14-5-2-6-15-33)46(37)51-27-26-50(31-51)35-29-41-39-22-23-43-45(40-18-7-8-21-42(40)54-43)48(39)55-47(41)44(30-35)53-36-17-9-16-34(28-36)52-25-11-24-49-52/h1-30H. The highest BCUT2D eigenvalue weighted by Crippen LogP contribution is 2.44. The number of nitrogens with zero attached hydrogens (tertiary/aromatic N) is 4. The van der Waals surface area contributed by atoms with Gasteiger partial charge in [-0.1, -0.05) is 103 Å². The van der Waals surface area contributed by atoms with Crippen molar-refractivity contribution >= 4 is 43.9 Å². The van der Waals surface area contributed by atoms with Gasteiger partial charge in [0.05, 0.1) is 22.4 Å². The first kappa shape index (κ1) is 30.9. The van der Waals surface area contributed by atoms with Crippen molar-refractivity contribution in [1.29, 1.82) is 0 Å². The molecule has 0 bridgehead atoms. The van der Waals surface area contributed by atoms with Crippen LogP contribution >= 0.6 is 0 Å². The number of aromatic nitrogens is 4. The van der Waals surface area contributed by atoms with E-state index in [2.05, 4.69) is 107 Å². The Bertz CT molecular complexity index is 3120. The average molecular weight is 711 g/mol. The Morgan fingerprint density at radius 1 is 0.564 bits per heavy atom. The highest BCUT2D eigenvalue weighted by Gasteiger charge is 2.21. The molecule has 0 N–H and O–H groups in total. The summed E-state index contributed by atoms with van der Waals surface area (Å²) in [5.41, 5.74) is 10.2. The number of hydrogen-bond acceptors (Lipinski definition) is 4. The minimum Gasteiger partial charge on any atom is -0.456 e. The van der Waals surface area contributed by atoms with Crippen LogP contribution in [-0.2, 0) is 0 Å². The number of imidazole rings is 1. The fourth-order valence-corrected chi connectivity index (χ4v) is 7.64. The van der Waals surface area contributed by atoms with Gasteiger partial charge in [0, 0.05) is 47.0 Å². The van der Waals surface area contributed by atoms with Gasteiger partial charge in [-0.05, 0) is 70.8 Å². The number of ether oxygens (including phenoxy) is 1. The highest BCUT2D eigenvalue weighted by atomic mass is 16.5. The van der Waals surface area contributed by atoms with Gasteiger partial charge in [-0.3, -0.25) is 9.13 Å². The Kier molecular flexibility index (Phi) is 7.03. The Hall–Kier alpha value is -7.64. The maximum atomic E-state index is 6.81. The van der Waals surface area contributed by atoms with Crippen LogP contribution in [0.1, 0.15) is 0 Å². The molecule has 4 heterocycles. The zero-order valence-corrected chi connectivity index (χ0v) is 29.3. The van der Waals surface area contributed by atoms with E-state index in [0.29, 0.717) is 17.1 Å². The average Bonchev–Trinajstić information content (AvgIpc) is 4.07. The van der Waals surface area contributed by atoms with Crippen LogP contribution in [-0.4, -0.2) is 14.3 Å². The van der Waals surface area contributed by atoms with Gasteiger partial charge in [0.1, 0.15) is 22.5 Å². The first-order chi connectivity index (χ1) is 27.2. The number of furan rings is 2. The Morgan fingerprint density at radius 2 is 1.33 bits per heavy atom. The predicted molar refractivity (Wildman–Crippen MR) is 215 cm³/mol. The molecule has 11 aromatic rings. The number of benzene rings is 7. The molecule has 7 nitrogen and oxygen atoms in total. The molecule has 260 valence electrons. The lowest BCUT2D eigenvalue weighted by Crippen LogP contribution is -2.30. The summed E-state index contributed by atoms with van der Waals surface area (Å²) >= 11 is 0. The summed E-state index contributed by atoms with van der Waals surface area (Å²) < 4.78 is 25.7. The molecule has 0 atom stereocenters. The molecule has 55 heavy (non-hydrogen) atoms. The third-order valence-corrected chi connectivity index (χ3v) is 10.1. The topological polar surface area (TPSA) is 62.1 Å². The van der Waals surface area contributed by atoms with Gasteiger partial charge in [0.25, 0.3) is 6.33 Å². The van der Waals surface area contributed by atoms with E-state index in [-0.39, 0.29) is 0 Å². The molecular weight excluding hydrogens is 681 g/mol. The molecule has 0 spiro atoms. The van der Waals surface area contributed by atoms with Gasteiger partial charge in [0.15, 0.2) is 11.3 Å². The first-order valence-electron chi connectivity index (χ1n) is 18.1. The van der Waals surface area contributed by atoms with Gasteiger partial charge in [-0.2, -0.15) is 5.10 Å². The van der Waals surface area contributed by atoms with E-state index < -0.39 is 0 Å². The van der Waals surface area contributed by atoms with Crippen LogP contribution in [0.25, 0.3) is 83.2 Å². The van der Waals surface area contributed by atoms with Crippen LogP contribution in [0.4, 0.5) is 0 Å². The summed E-state index contributed by atoms with van der Waals surface area (Å²) in [5, 5.41) is 8.24. The molecule has 0 radical (unpaired) electrons. The van der Waals surface area contributed by atoms with E-state index >= 15 is 0 Å². The van der Waals surface area contributed by atoms with Crippen LogP contribution in [0, 0.1) is 6.33 Å². The van der Waals surface area contributed by atoms with Crippen molar-refractivity contribution in [3.05, 3.63) is 189 Å². The lowest BCUT2D eigenvalue weighted by molar-refractivity contribution is -0.598. The number of para-hydroxylation sites is 2. The van der Waals surface area contributed by atoms with Crippen LogP contribution in [0.3, 0.4) is 0 Å². The third kappa shape index (κ3) is 5.21. The summed E-state index contributed by atoms with van der Waals surface area (Å²) in [7, 11) is 0. The zero-order chi connectivity index (χ0) is 36.3. The monoisotopic (exact) mass is 710 g/mol. The molecule has 0 fully saturated rings.